The van der Waals surface area contributed by atoms with Crippen molar-refractivity contribution in [2.45, 2.75) is 30.2 Å². The van der Waals surface area contributed by atoms with Crippen molar-refractivity contribution in [1.82, 2.24) is 14.5 Å². The van der Waals surface area contributed by atoms with E-state index in [-0.39, 0.29) is 5.56 Å². The molecule has 0 amide bonds. The number of pyridine rings is 2. The fourth-order valence-electron chi connectivity index (χ4n) is 2.77. The summed E-state index contributed by atoms with van der Waals surface area (Å²) in [5.74, 6) is 0. The van der Waals surface area contributed by atoms with Gasteiger partial charge in [-0.25, -0.2) is 0 Å². The lowest BCUT2D eigenvalue weighted by Gasteiger charge is -2.19. The van der Waals surface area contributed by atoms with E-state index >= 15 is 0 Å². The molecule has 0 spiro atoms. The maximum Gasteiger partial charge on any atom is 0.251 e. The third-order valence-electron chi connectivity index (χ3n) is 3.89. The first kappa shape index (κ1) is 15.3. The van der Waals surface area contributed by atoms with E-state index < -0.39 is 0 Å². The molecular formula is C17H21N3OS. The zero-order valence-electron chi connectivity index (χ0n) is 13.0. The van der Waals surface area contributed by atoms with Crippen molar-refractivity contribution in [2.75, 3.05) is 20.1 Å². The summed E-state index contributed by atoms with van der Waals surface area (Å²) >= 11 is 1.81. The minimum Gasteiger partial charge on any atom is -0.305 e. The van der Waals surface area contributed by atoms with Crippen LogP contribution >= 0.6 is 11.8 Å². The third kappa shape index (κ3) is 3.59. The van der Waals surface area contributed by atoms with E-state index in [1.165, 1.54) is 0 Å². The minimum absolute atomic E-state index is 0.110. The maximum absolute atomic E-state index is 11.8. The van der Waals surface area contributed by atoms with Crippen LogP contribution in [-0.4, -0.2) is 39.8 Å². The second kappa shape index (κ2) is 6.67. The van der Waals surface area contributed by atoms with Gasteiger partial charge >= 0.3 is 0 Å². The Morgan fingerprint density at radius 3 is 2.91 bits per heavy atom. The van der Waals surface area contributed by atoms with Gasteiger partial charge in [0.05, 0.1) is 5.03 Å². The molecule has 1 atom stereocenters. The first-order valence-electron chi connectivity index (χ1n) is 7.59. The zero-order chi connectivity index (χ0) is 15.5. The van der Waals surface area contributed by atoms with Crippen molar-refractivity contribution < 1.29 is 0 Å². The second-order valence-electron chi connectivity index (χ2n) is 5.84. The lowest BCUT2D eigenvalue weighted by Crippen LogP contribution is -2.31. The Bertz CT molecular complexity index is 713. The molecule has 0 radical (unpaired) electrons. The molecule has 22 heavy (non-hydrogen) atoms. The summed E-state index contributed by atoms with van der Waals surface area (Å²) in [5, 5.41) is 1.54. The van der Waals surface area contributed by atoms with Crippen LogP contribution in [0, 0.1) is 6.92 Å². The van der Waals surface area contributed by atoms with Crippen LogP contribution in [0.3, 0.4) is 0 Å². The number of aromatic nitrogens is 2. The molecule has 0 aromatic carbocycles. The van der Waals surface area contributed by atoms with Gasteiger partial charge in [-0.3, -0.25) is 9.78 Å². The van der Waals surface area contributed by atoms with Gasteiger partial charge in [0.1, 0.15) is 0 Å². The van der Waals surface area contributed by atoms with Crippen molar-refractivity contribution in [3.8, 4) is 0 Å². The molecule has 0 fully saturated rings. The summed E-state index contributed by atoms with van der Waals surface area (Å²) in [5.41, 5.74) is 2.32. The van der Waals surface area contributed by atoms with Gasteiger partial charge in [-0.1, -0.05) is 12.1 Å². The van der Waals surface area contributed by atoms with Crippen LogP contribution in [0.5, 0.6) is 0 Å². The predicted octanol–water partition coefficient (Wildman–Crippen LogP) is 2.20. The van der Waals surface area contributed by atoms with Gasteiger partial charge < -0.3 is 9.47 Å². The van der Waals surface area contributed by atoms with Crippen LogP contribution in [0.25, 0.3) is 0 Å². The molecule has 3 rings (SSSR count). The van der Waals surface area contributed by atoms with Crippen molar-refractivity contribution in [3.63, 3.8) is 0 Å². The van der Waals surface area contributed by atoms with Crippen molar-refractivity contribution >= 4 is 11.8 Å². The lowest BCUT2D eigenvalue weighted by atomic mass is 10.2. The first-order chi connectivity index (χ1) is 10.6. The SMILES string of the molecule is Cc1cccc(CCN(C)CC2Cn3c(cccc3=O)S2)n1. The standard InChI is InChI=1S/C17H21N3OS/c1-13-5-3-6-14(18-13)9-10-19(2)11-15-12-20-16(21)7-4-8-17(20)22-15/h3-8,15H,9-12H2,1-2H3. The predicted molar refractivity (Wildman–Crippen MR) is 90.5 cm³/mol. The van der Waals surface area contributed by atoms with Crippen molar-refractivity contribution in [3.05, 3.63) is 58.1 Å². The summed E-state index contributed by atoms with van der Waals surface area (Å²) in [6.45, 7) is 4.81. The number of likely N-dealkylation sites (N-methyl/N-ethyl adjacent to an activating group) is 1. The number of hydrogen-bond donors (Lipinski definition) is 0. The highest BCUT2D eigenvalue weighted by Crippen LogP contribution is 2.30. The van der Waals surface area contributed by atoms with E-state index in [0.717, 1.165) is 42.5 Å². The topological polar surface area (TPSA) is 38.1 Å². The van der Waals surface area contributed by atoms with Crippen LogP contribution in [-0.2, 0) is 13.0 Å². The Balaban J connectivity index is 1.52. The van der Waals surface area contributed by atoms with Gasteiger partial charge in [-0.05, 0) is 32.2 Å². The molecule has 0 bridgehead atoms. The summed E-state index contributed by atoms with van der Waals surface area (Å²) in [7, 11) is 2.14. The quantitative estimate of drug-likeness (QED) is 0.848. The molecule has 1 unspecified atom stereocenters. The molecule has 3 heterocycles. The van der Waals surface area contributed by atoms with Crippen LogP contribution in [0.15, 0.2) is 46.2 Å². The van der Waals surface area contributed by atoms with Crippen LogP contribution in [0.4, 0.5) is 0 Å². The molecular weight excluding hydrogens is 294 g/mol. The third-order valence-corrected chi connectivity index (χ3v) is 5.12. The first-order valence-corrected chi connectivity index (χ1v) is 8.47. The van der Waals surface area contributed by atoms with Gasteiger partial charge in [-0.2, -0.15) is 0 Å². The Hall–Kier alpha value is -1.59. The van der Waals surface area contributed by atoms with Crippen molar-refractivity contribution in [2.24, 2.45) is 0 Å². The van der Waals surface area contributed by atoms with Crippen molar-refractivity contribution in [1.29, 1.82) is 0 Å². The lowest BCUT2D eigenvalue weighted by molar-refractivity contribution is 0.330. The van der Waals surface area contributed by atoms with E-state index in [0.29, 0.717) is 5.25 Å². The molecule has 0 saturated heterocycles. The number of aryl methyl sites for hydroxylation is 1. The minimum atomic E-state index is 0.110. The molecule has 4 nitrogen and oxygen atoms in total. The van der Waals surface area contributed by atoms with Gasteiger partial charge in [0, 0.05) is 48.8 Å². The summed E-state index contributed by atoms with van der Waals surface area (Å²) < 4.78 is 1.88. The normalized spacial score (nSPS) is 17.0. The van der Waals surface area contributed by atoms with E-state index in [9.17, 15) is 4.79 Å². The smallest absolute Gasteiger partial charge is 0.251 e. The highest BCUT2D eigenvalue weighted by molar-refractivity contribution is 8.00. The molecule has 1 aliphatic heterocycles. The average Bonchev–Trinajstić information content (AvgIpc) is 2.89. The monoisotopic (exact) mass is 315 g/mol. The molecule has 2 aromatic rings. The number of rotatable bonds is 5. The highest BCUT2D eigenvalue weighted by atomic mass is 32.2. The summed E-state index contributed by atoms with van der Waals surface area (Å²) in [4.78, 5) is 18.7. The molecule has 0 saturated carbocycles. The van der Waals surface area contributed by atoms with E-state index in [1.807, 2.05) is 41.5 Å². The molecule has 1 aliphatic rings. The Morgan fingerprint density at radius 1 is 1.32 bits per heavy atom. The number of fused-ring (bicyclic) bond motifs is 1. The average molecular weight is 315 g/mol. The van der Waals surface area contributed by atoms with Gasteiger partial charge in [0.25, 0.3) is 5.56 Å². The summed E-state index contributed by atoms with van der Waals surface area (Å²) in [6, 6.07) is 11.7. The fraction of sp³-hybridized carbons (Fsp3) is 0.412. The molecule has 116 valence electrons. The summed E-state index contributed by atoms with van der Waals surface area (Å²) in [6.07, 6.45) is 0.961. The van der Waals surface area contributed by atoms with Gasteiger partial charge in [0.15, 0.2) is 0 Å². The Morgan fingerprint density at radius 2 is 2.14 bits per heavy atom. The maximum atomic E-state index is 11.8. The van der Waals surface area contributed by atoms with E-state index in [2.05, 4.69) is 29.1 Å². The largest absolute Gasteiger partial charge is 0.305 e. The highest BCUT2D eigenvalue weighted by Gasteiger charge is 2.23. The molecule has 5 heteroatoms. The van der Waals surface area contributed by atoms with Crippen LogP contribution in [0.2, 0.25) is 0 Å². The molecule has 0 aliphatic carbocycles. The van der Waals surface area contributed by atoms with Crippen LogP contribution in [0.1, 0.15) is 11.4 Å². The zero-order valence-corrected chi connectivity index (χ0v) is 13.8. The van der Waals surface area contributed by atoms with Gasteiger partial charge in [-0.15, -0.1) is 11.8 Å². The Kier molecular flexibility index (Phi) is 4.64. The van der Waals surface area contributed by atoms with E-state index in [4.69, 9.17) is 0 Å². The fourth-order valence-corrected chi connectivity index (χ4v) is 4.12. The number of hydrogen-bond acceptors (Lipinski definition) is 4. The molecule has 0 N–H and O–H groups in total. The number of thioether (sulfide) groups is 1. The second-order valence-corrected chi connectivity index (χ2v) is 7.16. The number of nitrogens with zero attached hydrogens (tertiary/aromatic N) is 3. The van der Waals surface area contributed by atoms with Gasteiger partial charge in [0.2, 0.25) is 0 Å². The van der Waals surface area contributed by atoms with E-state index in [1.54, 1.807) is 6.07 Å². The van der Waals surface area contributed by atoms with Crippen LogP contribution < -0.4 is 5.56 Å². The Labute approximate surface area is 135 Å². The molecule has 2 aromatic heterocycles.